The molecule has 0 radical (unpaired) electrons. The number of anilines is 3. The van der Waals surface area contributed by atoms with E-state index in [9.17, 15) is 9.59 Å². The Kier molecular flexibility index (Phi) is 3.97. The van der Waals surface area contributed by atoms with Crippen LogP contribution in [0.4, 0.5) is 17.5 Å². The molecule has 0 saturated carbocycles. The second-order valence-electron chi connectivity index (χ2n) is 7.42. The molecule has 1 amide bonds. The van der Waals surface area contributed by atoms with E-state index in [-0.39, 0.29) is 17.5 Å². The van der Waals surface area contributed by atoms with Crippen molar-refractivity contribution in [3.63, 3.8) is 0 Å². The van der Waals surface area contributed by atoms with E-state index in [1.165, 1.54) is 10.9 Å². The zero-order chi connectivity index (χ0) is 20.1. The molecule has 0 unspecified atom stereocenters. The van der Waals surface area contributed by atoms with Gasteiger partial charge in [0.1, 0.15) is 16.9 Å². The minimum atomic E-state index is -0.174. The van der Waals surface area contributed by atoms with Gasteiger partial charge in [-0.2, -0.15) is 4.98 Å². The first-order valence-corrected chi connectivity index (χ1v) is 9.66. The number of para-hydroxylation sites is 1. The molecule has 148 valence electrons. The minimum absolute atomic E-state index is 0.135. The number of nitrogens with one attached hydrogen (secondary N) is 1. The molecule has 9 heteroatoms. The number of amides is 1. The van der Waals surface area contributed by atoms with E-state index >= 15 is 0 Å². The number of aromatic nitrogens is 4. The number of aryl methyl sites for hydroxylation is 1. The summed E-state index contributed by atoms with van der Waals surface area (Å²) in [6.07, 6.45) is 5.10. The largest absolute Gasteiger partial charge is 0.357 e. The van der Waals surface area contributed by atoms with E-state index in [4.69, 9.17) is 0 Å². The third kappa shape index (κ3) is 2.65. The van der Waals surface area contributed by atoms with Gasteiger partial charge in [-0.05, 0) is 25.0 Å². The summed E-state index contributed by atoms with van der Waals surface area (Å²) in [7, 11) is 3.43. The van der Waals surface area contributed by atoms with E-state index in [2.05, 4.69) is 25.2 Å². The Morgan fingerprint density at radius 3 is 2.90 bits per heavy atom. The molecule has 9 nitrogen and oxygen atoms in total. The molecule has 1 atom stereocenters. The van der Waals surface area contributed by atoms with Gasteiger partial charge in [0, 0.05) is 39.4 Å². The highest BCUT2D eigenvalue weighted by molar-refractivity contribution is 6.12. The van der Waals surface area contributed by atoms with Crippen molar-refractivity contribution in [2.75, 3.05) is 35.3 Å². The van der Waals surface area contributed by atoms with Gasteiger partial charge in [-0.15, -0.1) is 0 Å². The first kappa shape index (κ1) is 17.6. The Bertz CT molecular complexity index is 1190. The number of carbonyl (C=O) groups is 1. The summed E-state index contributed by atoms with van der Waals surface area (Å²) in [5, 5.41) is 3.45. The molecule has 1 aromatic carbocycles. The number of fused-ring (bicyclic) bond motifs is 4. The van der Waals surface area contributed by atoms with Crippen LogP contribution in [-0.4, -0.2) is 51.6 Å². The van der Waals surface area contributed by atoms with E-state index in [0.717, 1.165) is 19.4 Å². The topological polar surface area (TPSA) is 96.2 Å². The average Bonchev–Trinajstić information content (AvgIpc) is 3.17. The van der Waals surface area contributed by atoms with Crippen LogP contribution in [0.25, 0.3) is 10.9 Å². The van der Waals surface area contributed by atoms with Crippen LogP contribution in [0.2, 0.25) is 0 Å². The molecule has 0 aliphatic carbocycles. The molecule has 2 aliphatic heterocycles. The average molecular weight is 391 g/mol. The van der Waals surface area contributed by atoms with Crippen LogP contribution in [0.5, 0.6) is 0 Å². The van der Waals surface area contributed by atoms with Gasteiger partial charge >= 0.3 is 0 Å². The lowest BCUT2D eigenvalue weighted by Gasteiger charge is -2.27. The van der Waals surface area contributed by atoms with Gasteiger partial charge in [-0.3, -0.25) is 9.59 Å². The van der Waals surface area contributed by atoms with Crippen molar-refractivity contribution in [1.29, 1.82) is 0 Å². The highest BCUT2D eigenvalue weighted by Crippen LogP contribution is 2.35. The lowest BCUT2D eigenvalue weighted by atomic mass is 10.1. The summed E-state index contributed by atoms with van der Waals surface area (Å²) < 4.78 is 1.44. The van der Waals surface area contributed by atoms with Crippen molar-refractivity contribution < 1.29 is 4.79 Å². The number of hydrogen-bond acceptors (Lipinski definition) is 7. The smallest absolute Gasteiger partial charge is 0.263 e. The van der Waals surface area contributed by atoms with Gasteiger partial charge in [-0.25, -0.2) is 9.97 Å². The van der Waals surface area contributed by atoms with Gasteiger partial charge in [0.25, 0.3) is 11.5 Å². The highest BCUT2D eigenvalue weighted by atomic mass is 16.2. The molecule has 1 N–H and O–H groups in total. The van der Waals surface area contributed by atoms with Gasteiger partial charge < -0.3 is 19.7 Å². The Hall–Kier alpha value is -3.49. The van der Waals surface area contributed by atoms with Crippen molar-refractivity contribution in [2.45, 2.75) is 18.9 Å². The fourth-order valence-electron chi connectivity index (χ4n) is 4.26. The molecule has 3 aromatic rings. The van der Waals surface area contributed by atoms with Crippen LogP contribution in [0.15, 0.2) is 35.5 Å². The molecular weight excluding hydrogens is 370 g/mol. The van der Waals surface area contributed by atoms with Crippen molar-refractivity contribution in [3.05, 3.63) is 46.6 Å². The van der Waals surface area contributed by atoms with Crippen molar-refractivity contribution >= 4 is 34.3 Å². The Morgan fingerprint density at radius 2 is 2.07 bits per heavy atom. The summed E-state index contributed by atoms with van der Waals surface area (Å²) >= 11 is 0. The maximum Gasteiger partial charge on any atom is 0.263 e. The Labute approximate surface area is 167 Å². The number of hydrogen-bond donors (Lipinski definition) is 1. The number of nitrogens with zero attached hydrogens (tertiary/aromatic N) is 6. The summed E-state index contributed by atoms with van der Waals surface area (Å²) in [6, 6.07) is 5.54. The van der Waals surface area contributed by atoms with Gasteiger partial charge in [-0.1, -0.05) is 6.07 Å². The third-order valence-corrected chi connectivity index (χ3v) is 5.73. The quantitative estimate of drug-likeness (QED) is 0.705. The van der Waals surface area contributed by atoms with Gasteiger partial charge in [0.2, 0.25) is 5.95 Å². The molecule has 2 aliphatic rings. The van der Waals surface area contributed by atoms with Crippen LogP contribution in [0.3, 0.4) is 0 Å². The summed E-state index contributed by atoms with van der Waals surface area (Å²) in [5.74, 6) is 0.987. The fraction of sp³-hybridized carbons (Fsp3) is 0.350. The number of benzene rings is 1. The lowest BCUT2D eigenvalue weighted by molar-refractivity contribution is 0.0988. The van der Waals surface area contributed by atoms with Gasteiger partial charge in [0.15, 0.2) is 0 Å². The standard InChI is InChI=1S/C20H21N7O2/c1-21-20-22-9-14-17(24-20)26-8-4-5-12(26)10-27(19(14)29)15-7-3-6-13-16(15)23-11-25(2)18(13)28/h3,6-7,9,11-12H,4-5,8,10H2,1-2H3,(H,21,22,24)/t12-/m0/s1. The van der Waals surface area contributed by atoms with Crippen LogP contribution < -0.4 is 20.7 Å². The first-order chi connectivity index (χ1) is 14.1. The molecule has 5 rings (SSSR count). The SMILES string of the molecule is CNc1ncc2c(n1)N1CCC[C@H]1CN(c1cccc3c(=O)n(C)cnc13)C2=O. The predicted octanol–water partition coefficient (Wildman–Crippen LogP) is 1.39. The van der Waals surface area contributed by atoms with Crippen LogP contribution in [-0.2, 0) is 7.05 Å². The van der Waals surface area contributed by atoms with E-state index in [0.29, 0.717) is 40.5 Å². The number of rotatable bonds is 2. The second-order valence-corrected chi connectivity index (χ2v) is 7.42. The maximum atomic E-state index is 13.6. The fourth-order valence-corrected chi connectivity index (χ4v) is 4.26. The van der Waals surface area contributed by atoms with Crippen LogP contribution >= 0.6 is 0 Å². The molecular formula is C20H21N7O2. The van der Waals surface area contributed by atoms with E-state index in [1.807, 2.05) is 6.07 Å². The van der Waals surface area contributed by atoms with Crippen LogP contribution in [0, 0.1) is 0 Å². The molecule has 2 aromatic heterocycles. The van der Waals surface area contributed by atoms with Gasteiger partial charge in [0.05, 0.1) is 17.4 Å². The molecule has 0 spiro atoms. The number of carbonyl (C=O) groups excluding carboxylic acids is 1. The Balaban J connectivity index is 1.70. The zero-order valence-corrected chi connectivity index (χ0v) is 16.3. The summed E-state index contributed by atoms with van der Waals surface area (Å²) in [5.41, 5.74) is 1.51. The molecule has 1 fully saturated rings. The van der Waals surface area contributed by atoms with Crippen molar-refractivity contribution in [3.8, 4) is 0 Å². The predicted molar refractivity (Wildman–Crippen MR) is 111 cm³/mol. The highest BCUT2D eigenvalue weighted by Gasteiger charge is 2.38. The molecule has 4 heterocycles. The zero-order valence-electron chi connectivity index (χ0n) is 16.3. The second kappa shape index (κ2) is 6.54. The van der Waals surface area contributed by atoms with Crippen molar-refractivity contribution in [2.24, 2.45) is 7.05 Å². The Morgan fingerprint density at radius 1 is 1.21 bits per heavy atom. The van der Waals surface area contributed by atoms with E-state index < -0.39 is 0 Å². The monoisotopic (exact) mass is 391 g/mol. The first-order valence-electron chi connectivity index (χ1n) is 9.66. The van der Waals surface area contributed by atoms with E-state index in [1.54, 1.807) is 37.3 Å². The molecule has 1 saturated heterocycles. The maximum absolute atomic E-state index is 13.6. The minimum Gasteiger partial charge on any atom is -0.357 e. The molecule has 29 heavy (non-hydrogen) atoms. The lowest BCUT2D eigenvalue weighted by Crippen LogP contribution is -2.40. The summed E-state index contributed by atoms with van der Waals surface area (Å²) in [6.45, 7) is 1.37. The summed E-state index contributed by atoms with van der Waals surface area (Å²) in [4.78, 5) is 43.4. The van der Waals surface area contributed by atoms with Crippen LogP contribution in [0.1, 0.15) is 23.2 Å². The molecule has 0 bridgehead atoms. The normalized spacial score (nSPS) is 18.6. The van der Waals surface area contributed by atoms with Crippen molar-refractivity contribution in [1.82, 2.24) is 19.5 Å². The third-order valence-electron chi connectivity index (χ3n) is 5.73.